The van der Waals surface area contributed by atoms with Gasteiger partial charge in [0.25, 0.3) is 0 Å². The first-order valence-corrected chi connectivity index (χ1v) is 34.0. The van der Waals surface area contributed by atoms with E-state index in [1.165, 1.54) is 141 Å². The Morgan fingerprint density at radius 3 is 1.04 bits per heavy atom. The number of unbranched alkanes of at least 4 members (excludes halogenated alkanes) is 29. The van der Waals surface area contributed by atoms with Crippen LogP contribution in [-0.2, 0) is 33.3 Å². The minimum absolute atomic E-state index is 0.140. The molecular formula is C74H127NO8. The summed E-state index contributed by atoms with van der Waals surface area (Å²) < 4.78 is 22.8. The summed E-state index contributed by atoms with van der Waals surface area (Å²) in [6.07, 6.45) is 85.9. The number of esters is 2. The predicted octanol–water partition coefficient (Wildman–Crippen LogP) is 19.7. The fourth-order valence-corrected chi connectivity index (χ4v) is 9.31. The zero-order chi connectivity index (χ0) is 60.5. The van der Waals surface area contributed by atoms with Crippen molar-refractivity contribution >= 4 is 17.9 Å². The SMILES string of the molecule is CC/C=C\C/C=C\C/C=C\C/C=C\C/C=C\C/C=C\C/C=C\C/C=C\CCCCCCCCC(=O)OC(COC(=O)CCCCCCCCCCCCCCCCC/C=C\CCCCCCCCCC)COC(OCC[N+](C)(C)C)C(=O)[O-]. The summed E-state index contributed by atoms with van der Waals surface area (Å²) in [5, 5.41) is 11.8. The zero-order valence-corrected chi connectivity index (χ0v) is 54.3. The Labute approximate surface area is 511 Å². The van der Waals surface area contributed by atoms with Gasteiger partial charge >= 0.3 is 11.9 Å². The van der Waals surface area contributed by atoms with Crippen LogP contribution in [0.5, 0.6) is 0 Å². The van der Waals surface area contributed by atoms with E-state index < -0.39 is 24.3 Å². The lowest BCUT2D eigenvalue weighted by Crippen LogP contribution is -2.44. The van der Waals surface area contributed by atoms with Crippen LogP contribution in [-0.4, -0.2) is 82.3 Å². The topological polar surface area (TPSA) is 111 Å². The highest BCUT2D eigenvalue weighted by molar-refractivity contribution is 5.70. The molecule has 83 heavy (non-hydrogen) atoms. The van der Waals surface area contributed by atoms with Gasteiger partial charge in [0.1, 0.15) is 13.2 Å². The van der Waals surface area contributed by atoms with Crippen LogP contribution in [0.15, 0.2) is 109 Å². The Morgan fingerprint density at radius 2 is 0.687 bits per heavy atom. The van der Waals surface area contributed by atoms with Crippen molar-refractivity contribution in [2.75, 3.05) is 47.5 Å². The van der Waals surface area contributed by atoms with Crippen molar-refractivity contribution in [2.45, 2.75) is 296 Å². The Hall–Kier alpha value is -4.05. The van der Waals surface area contributed by atoms with Crippen molar-refractivity contribution in [2.24, 2.45) is 0 Å². The van der Waals surface area contributed by atoms with E-state index >= 15 is 0 Å². The number of rotatable bonds is 62. The van der Waals surface area contributed by atoms with E-state index in [1.807, 2.05) is 21.1 Å². The van der Waals surface area contributed by atoms with E-state index in [2.05, 4.69) is 123 Å². The second-order valence-corrected chi connectivity index (χ2v) is 23.7. The van der Waals surface area contributed by atoms with Gasteiger partial charge in [-0.2, -0.15) is 0 Å². The zero-order valence-electron chi connectivity index (χ0n) is 54.3. The van der Waals surface area contributed by atoms with Gasteiger partial charge in [-0.05, 0) is 103 Å². The Bertz CT molecular complexity index is 1730. The molecule has 0 aliphatic heterocycles. The minimum Gasteiger partial charge on any atom is -0.545 e. The summed E-state index contributed by atoms with van der Waals surface area (Å²) in [5.74, 6) is -2.30. The molecule has 0 amide bonds. The van der Waals surface area contributed by atoms with Gasteiger partial charge in [-0.15, -0.1) is 0 Å². The smallest absolute Gasteiger partial charge is 0.306 e. The maximum absolute atomic E-state index is 12.9. The number of ether oxygens (including phenoxy) is 4. The standard InChI is InChI=1S/C74H127NO8/c1-6-8-10-12-14-16-18-20-22-24-26-28-30-32-34-35-36-37-39-41-43-45-47-49-51-53-55-57-59-61-63-65-72(77)83-70(69-82-74(73(78)79)80-67-66-75(3,4)5)68-81-71(76)64-62-60-58-56-54-52-50-48-46-44-42-40-38-33-31-29-27-25-23-21-19-17-15-13-11-9-7-2/h8,10,14,16,20,22,25-28,32,34,36-37,41,43,47,49,70,74H,6-7,9,11-13,15,17-19,21,23-24,29-31,33,35,38-40,42,44-46,48,50-69H2,1-5H3/b10-8-,16-14-,22-20-,27-25-,28-26-,34-32-,37-36-,43-41-,49-47-. The molecule has 0 heterocycles. The Morgan fingerprint density at radius 1 is 0.373 bits per heavy atom. The van der Waals surface area contributed by atoms with Gasteiger partial charge in [0.15, 0.2) is 12.4 Å². The van der Waals surface area contributed by atoms with Crippen LogP contribution in [0.3, 0.4) is 0 Å². The number of hydrogen-bond donors (Lipinski definition) is 0. The quantitative estimate of drug-likeness (QED) is 0.0195. The molecule has 0 saturated heterocycles. The molecule has 0 aliphatic rings. The van der Waals surface area contributed by atoms with Gasteiger partial charge in [0, 0.05) is 12.8 Å². The number of carbonyl (C=O) groups excluding carboxylic acids is 3. The summed E-state index contributed by atoms with van der Waals surface area (Å²) in [6.45, 7) is 4.63. The van der Waals surface area contributed by atoms with Gasteiger partial charge in [-0.3, -0.25) is 9.59 Å². The maximum Gasteiger partial charge on any atom is 0.306 e. The molecule has 2 unspecified atom stereocenters. The van der Waals surface area contributed by atoms with Gasteiger partial charge in [-0.25, -0.2) is 0 Å². The lowest BCUT2D eigenvalue weighted by Gasteiger charge is -2.26. The average molecular weight is 1160 g/mol. The number of aliphatic carboxylic acids is 1. The van der Waals surface area contributed by atoms with E-state index in [4.69, 9.17) is 18.9 Å². The molecule has 0 radical (unpaired) electrons. The number of carboxylic acids is 1. The minimum atomic E-state index is -1.63. The van der Waals surface area contributed by atoms with Crippen LogP contribution >= 0.6 is 0 Å². The summed E-state index contributed by atoms with van der Waals surface area (Å²) in [4.78, 5) is 37.5. The largest absolute Gasteiger partial charge is 0.545 e. The first-order chi connectivity index (χ1) is 40.6. The molecule has 0 bridgehead atoms. The number of hydrogen-bond acceptors (Lipinski definition) is 8. The summed E-state index contributed by atoms with van der Waals surface area (Å²) in [7, 11) is 5.92. The van der Waals surface area contributed by atoms with Crippen molar-refractivity contribution in [3.63, 3.8) is 0 Å². The lowest BCUT2D eigenvalue weighted by molar-refractivity contribution is -0.870. The molecule has 0 fully saturated rings. The first kappa shape index (κ1) is 79.0. The third-order valence-electron chi connectivity index (χ3n) is 14.5. The fourth-order valence-electron chi connectivity index (χ4n) is 9.31. The number of quaternary nitrogens is 1. The van der Waals surface area contributed by atoms with Crippen molar-refractivity contribution in [1.82, 2.24) is 0 Å². The number of likely N-dealkylation sites (N-methyl/N-ethyl adjacent to an activating group) is 1. The van der Waals surface area contributed by atoms with Crippen LogP contribution < -0.4 is 5.11 Å². The van der Waals surface area contributed by atoms with E-state index in [-0.39, 0.29) is 38.6 Å². The van der Waals surface area contributed by atoms with Crippen LogP contribution in [0.4, 0.5) is 0 Å². The molecule has 9 nitrogen and oxygen atoms in total. The van der Waals surface area contributed by atoms with Crippen molar-refractivity contribution in [1.29, 1.82) is 0 Å². The molecular weight excluding hydrogens is 1030 g/mol. The summed E-state index contributed by atoms with van der Waals surface area (Å²) in [6, 6.07) is 0. The molecule has 9 heteroatoms. The molecule has 2 atom stereocenters. The second-order valence-electron chi connectivity index (χ2n) is 23.7. The van der Waals surface area contributed by atoms with Gasteiger partial charge in [-0.1, -0.05) is 277 Å². The van der Waals surface area contributed by atoms with Crippen LogP contribution in [0, 0.1) is 0 Å². The van der Waals surface area contributed by atoms with Crippen molar-refractivity contribution < 1.29 is 42.9 Å². The molecule has 0 N–H and O–H groups in total. The molecule has 0 aromatic rings. The molecule has 0 aromatic heterocycles. The lowest BCUT2D eigenvalue weighted by atomic mass is 10.0. The molecule has 0 spiro atoms. The number of carbonyl (C=O) groups is 3. The Kier molecular flexibility index (Phi) is 60.8. The average Bonchev–Trinajstić information content (AvgIpc) is 3.46. The van der Waals surface area contributed by atoms with Crippen LogP contribution in [0.2, 0.25) is 0 Å². The Balaban J connectivity index is 4.21. The third-order valence-corrected chi connectivity index (χ3v) is 14.5. The molecule has 476 valence electrons. The van der Waals surface area contributed by atoms with Gasteiger partial charge in [0.2, 0.25) is 0 Å². The second kappa shape index (κ2) is 64.0. The number of nitrogens with zero attached hydrogens (tertiary/aromatic N) is 1. The highest BCUT2D eigenvalue weighted by Gasteiger charge is 2.22. The van der Waals surface area contributed by atoms with Gasteiger partial charge in [0.05, 0.1) is 40.3 Å². The van der Waals surface area contributed by atoms with E-state index in [9.17, 15) is 19.5 Å². The summed E-state index contributed by atoms with van der Waals surface area (Å²) in [5.41, 5.74) is 0. The molecule has 0 aromatic carbocycles. The number of allylic oxidation sites excluding steroid dienone is 18. The normalized spacial score (nSPS) is 13.4. The van der Waals surface area contributed by atoms with E-state index in [0.717, 1.165) is 109 Å². The fraction of sp³-hybridized carbons (Fsp3) is 0.716. The van der Waals surface area contributed by atoms with E-state index in [1.54, 1.807) is 0 Å². The number of carboxylic acid groups (broad SMARTS) is 1. The van der Waals surface area contributed by atoms with E-state index in [0.29, 0.717) is 17.4 Å². The van der Waals surface area contributed by atoms with Crippen molar-refractivity contribution in [3.05, 3.63) is 109 Å². The van der Waals surface area contributed by atoms with Crippen molar-refractivity contribution in [3.8, 4) is 0 Å². The summed E-state index contributed by atoms with van der Waals surface area (Å²) >= 11 is 0. The van der Waals surface area contributed by atoms with Crippen LogP contribution in [0.25, 0.3) is 0 Å². The molecule has 0 rings (SSSR count). The van der Waals surface area contributed by atoms with Gasteiger partial charge < -0.3 is 33.3 Å². The maximum atomic E-state index is 12.9. The molecule has 0 aliphatic carbocycles. The van der Waals surface area contributed by atoms with Crippen LogP contribution in [0.1, 0.15) is 284 Å². The predicted molar refractivity (Wildman–Crippen MR) is 352 cm³/mol. The molecule has 0 saturated carbocycles. The third kappa shape index (κ3) is 65.3. The highest BCUT2D eigenvalue weighted by atomic mass is 16.7. The first-order valence-electron chi connectivity index (χ1n) is 34.0. The monoisotopic (exact) mass is 1160 g/mol. The highest BCUT2D eigenvalue weighted by Crippen LogP contribution is 2.17.